The van der Waals surface area contributed by atoms with Crippen LogP contribution in [-0.4, -0.2) is 57.2 Å². The summed E-state index contributed by atoms with van der Waals surface area (Å²) in [6.07, 6.45) is 0.649. The number of alkyl halides is 3. The highest BCUT2D eigenvalue weighted by Crippen LogP contribution is 2.31. The van der Waals surface area contributed by atoms with Gasteiger partial charge in [-0.1, -0.05) is 6.07 Å². The van der Waals surface area contributed by atoms with E-state index in [1.807, 2.05) is 25.1 Å². The van der Waals surface area contributed by atoms with Gasteiger partial charge in [0.05, 0.1) is 10.5 Å². The van der Waals surface area contributed by atoms with Crippen molar-refractivity contribution in [3.05, 3.63) is 52.9 Å². The minimum absolute atomic E-state index is 0.114. The van der Waals surface area contributed by atoms with Gasteiger partial charge in [-0.3, -0.25) is 0 Å². The summed E-state index contributed by atoms with van der Waals surface area (Å²) in [5.74, 6) is -0.114. The molecule has 0 unspecified atom stereocenters. The number of hydrogen-bond acceptors (Lipinski definition) is 8. The average molecular weight is 507 g/mol. The van der Waals surface area contributed by atoms with E-state index in [4.69, 9.17) is 0 Å². The molecule has 35 heavy (non-hydrogen) atoms. The van der Waals surface area contributed by atoms with Gasteiger partial charge >= 0.3 is 6.18 Å². The molecule has 0 atom stereocenters. The molecule has 3 aromatic rings. The van der Waals surface area contributed by atoms with E-state index in [1.165, 1.54) is 0 Å². The number of piperidine rings is 1. The second kappa shape index (κ2) is 10.6. The molecule has 4 rings (SSSR count). The molecule has 0 saturated carbocycles. The molecule has 0 radical (unpaired) electrons. The first-order valence-corrected chi connectivity index (χ1v) is 12.3. The summed E-state index contributed by atoms with van der Waals surface area (Å²) >= 11 is 1.55. The van der Waals surface area contributed by atoms with Gasteiger partial charge in [-0.25, -0.2) is 15.0 Å². The number of halogens is 3. The van der Waals surface area contributed by atoms with Crippen LogP contribution in [0.1, 0.15) is 35.5 Å². The monoisotopic (exact) mass is 506 g/mol. The number of anilines is 2. The molecular weight excluding hydrogens is 477 g/mol. The minimum atomic E-state index is -4.53. The molecule has 1 aliphatic heterocycles. The molecule has 1 aromatic carbocycles. The Labute approximate surface area is 206 Å². The highest BCUT2D eigenvalue weighted by atomic mass is 32.1. The highest BCUT2D eigenvalue weighted by molar-refractivity contribution is 7.15. The van der Waals surface area contributed by atoms with Crippen LogP contribution in [0, 0.1) is 6.92 Å². The van der Waals surface area contributed by atoms with E-state index < -0.39 is 17.5 Å². The number of aliphatic hydroxyl groups is 1. The van der Waals surface area contributed by atoms with Crippen LogP contribution < -0.4 is 10.6 Å². The predicted molar refractivity (Wildman–Crippen MR) is 131 cm³/mol. The van der Waals surface area contributed by atoms with Crippen molar-refractivity contribution >= 4 is 23.0 Å². The third-order valence-electron chi connectivity index (χ3n) is 6.08. The molecule has 0 amide bonds. The summed E-state index contributed by atoms with van der Waals surface area (Å²) in [7, 11) is 2.07. The summed E-state index contributed by atoms with van der Waals surface area (Å²) in [6.45, 7) is 5.07. The summed E-state index contributed by atoms with van der Waals surface area (Å²) in [5, 5.41) is 17.9. The largest absolute Gasteiger partial charge is 0.433 e. The Morgan fingerprint density at radius 2 is 1.94 bits per heavy atom. The minimum Gasteiger partial charge on any atom is -0.390 e. The second-order valence-electron chi connectivity index (χ2n) is 9.05. The summed E-state index contributed by atoms with van der Waals surface area (Å²) in [4.78, 5) is 15.2. The number of thiazole rings is 1. The average Bonchev–Trinajstić information content (AvgIpc) is 3.27. The van der Waals surface area contributed by atoms with Crippen LogP contribution in [0.2, 0.25) is 0 Å². The first-order valence-electron chi connectivity index (χ1n) is 11.5. The van der Waals surface area contributed by atoms with Gasteiger partial charge in [0, 0.05) is 37.7 Å². The third kappa shape index (κ3) is 6.97. The number of aryl methyl sites for hydroxylation is 1. The van der Waals surface area contributed by atoms with Gasteiger partial charge in [0.1, 0.15) is 10.7 Å². The van der Waals surface area contributed by atoms with Crippen LogP contribution in [0.3, 0.4) is 0 Å². The Morgan fingerprint density at radius 1 is 1.17 bits per heavy atom. The fraction of sp³-hybridized carbons (Fsp3) is 0.458. The van der Waals surface area contributed by atoms with Gasteiger partial charge in [-0.2, -0.15) is 13.2 Å². The molecule has 0 aliphatic carbocycles. The zero-order chi connectivity index (χ0) is 25.1. The normalized spacial score (nSPS) is 16.4. The summed E-state index contributed by atoms with van der Waals surface area (Å²) in [5.41, 5.74) is 0.853. The number of hydrogen-bond donors (Lipinski definition) is 3. The van der Waals surface area contributed by atoms with Crippen LogP contribution in [0.25, 0.3) is 10.4 Å². The number of aromatic nitrogens is 3. The molecule has 1 saturated heterocycles. The fourth-order valence-electron chi connectivity index (χ4n) is 4.03. The molecule has 2 aromatic heterocycles. The molecule has 3 N–H and O–H groups in total. The van der Waals surface area contributed by atoms with Crippen LogP contribution in [0.4, 0.5) is 24.8 Å². The van der Waals surface area contributed by atoms with E-state index >= 15 is 0 Å². The van der Waals surface area contributed by atoms with Crippen molar-refractivity contribution in [1.82, 2.24) is 25.2 Å². The van der Waals surface area contributed by atoms with Gasteiger partial charge in [-0.15, -0.1) is 11.3 Å². The van der Waals surface area contributed by atoms with Crippen LogP contribution in [-0.2, 0) is 12.7 Å². The lowest BCUT2D eigenvalue weighted by atomic mass is 9.88. The molecular formula is C24H29F3N6OS. The van der Waals surface area contributed by atoms with Crippen molar-refractivity contribution in [3.8, 4) is 10.4 Å². The van der Waals surface area contributed by atoms with E-state index in [0.29, 0.717) is 25.2 Å². The lowest BCUT2D eigenvalue weighted by Gasteiger charge is -2.36. The van der Waals surface area contributed by atoms with Gasteiger partial charge in [-0.05, 0) is 69.1 Å². The van der Waals surface area contributed by atoms with Crippen LogP contribution in [0.5, 0.6) is 0 Å². The zero-order valence-electron chi connectivity index (χ0n) is 19.7. The predicted octanol–water partition coefficient (Wildman–Crippen LogP) is 4.61. The number of rotatable bonds is 8. The highest BCUT2D eigenvalue weighted by Gasteiger charge is 2.33. The van der Waals surface area contributed by atoms with E-state index in [-0.39, 0.29) is 5.95 Å². The van der Waals surface area contributed by atoms with Gasteiger partial charge in [0.25, 0.3) is 0 Å². The van der Waals surface area contributed by atoms with Crippen molar-refractivity contribution in [3.63, 3.8) is 0 Å². The lowest BCUT2D eigenvalue weighted by molar-refractivity contribution is -0.141. The number of nitrogens with one attached hydrogen (secondary N) is 2. The lowest BCUT2D eigenvalue weighted by Crippen LogP contribution is -2.44. The van der Waals surface area contributed by atoms with Crippen molar-refractivity contribution in [2.24, 2.45) is 0 Å². The topological polar surface area (TPSA) is 86.2 Å². The third-order valence-corrected chi connectivity index (χ3v) is 7.13. The first-order chi connectivity index (χ1) is 16.6. The van der Waals surface area contributed by atoms with Crippen LogP contribution >= 0.6 is 11.3 Å². The number of benzene rings is 1. The Kier molecular flexibility index (Phi) is 7.70. The van der Waals surface area contributed by atoms with E-state index in [9.17, 15) is 18.3 Å². The van der Waals surface area contributed by atoms with E-state index in [1.54, 1.807) is 17.5 Å². The number of likely N-dealkylation sites (tertiary alicyclic amines) is 1. The Morgan fingerprint density at radius 3 is 2.69 bits per heavy atom. The number of nitrogens with zero attached hydrogens (tertiary/aromatic N) is 4. The molecule has 11 heteroatoms. The standard InChI is InChI=1S/C24H29F3N6OS/c1-16-11-17(13-18(12-16)31-22-29-7-3-20(32-22)24(25,26)27)19-14-30-21(35-19)15-28-8-4-23(34)5-9-33(2)10-6-23/h3,7,11-14,28,34H,4-6,8-10,15H2,1-2H3,(H,29,31,32). The molecule has 188 valence electrons. The van der Waals surface area contributed by atoms with E-state index in [0.717, 1.165) is 59.2 Å². The molecule has 1 fully saturated rings. The summed E-state index contributed by atoms with van der Waals surface area (Å²) < 4.78 is 38.9. The van der Waals surface area contributed by atoms with Gasteiger partial charge in [0.2, 0.25) is 5.95 Å². The Balaban J connectivity index is 1.37. The maximum Gasteiger partial charge on any atom is 0.433 e. The smallest absolute Gasteiger partial charge is 0.390 e. The molecule has 0 bridgehead atoms. The maximum atomic E-state index is 13.0. The zero-order valence-corrected chi connectivity index (χ0v) is 20.5. The molecule has 3 heterocycles. The quantitative estimate of drug-likeness (QED) is 0.385. The van der Waals surface area contributed by atoms with Crippen molar-refractivity contribution in [2.75, 3.05) is 32.0 Å². The van der Waals surface area contributed by atoms with Crippen LogP contribution in [0.15, 0.2) is 36.7 Å². The van der Waals surface area contributed by atoms with Crippen molar-refractivity contribution in [2.45, 2.75) is 44.5 Å². The molecule has 7 nitrogen and oxygen atoms in total. The Bertz CT molecular complexity index is 1140. The van der Waals surface area contributed by atoms with Crippen molar-refractivity contribution < 1.29 is 18.3 Å². The van der Waals surface area contributed by atoms with Crippen molar-refractivity contribution in [1.29, 1.82) is 0 Å². The SMILES string of the molecule is Cc1cc(Nc2nccc(C(F)(F)F)n2)cc(-c2cnc(CNCCC3(O)CCN(C)CC3)s2)c1. The van der Waals surface area contributed by atoms with E-state index in [2.05, 4.69) is 37.5 Å². The van der Waals surface area contributed by atoms with Gasteiger partial charge in [0.15, 0.2) is 0 Å². The second-order valence-corrected chi connectivity index (χ2v) is 10.2. The molecule has 1 aliphatic rings. The van der Waals surface area contributed by atoms with Gasteiger partial charge < -0.3 is 20.6 Å². The molecule has 0 spiro atoms. The summed E-state index contributed by atoms with van der Waals surface area (Å²) in [6, 6.07) is 6.51. The maximum absolute atomic E-state index is 13.0. The fourth-order valence-corrected chi connectivity index (χ4v) is 4.90. The Hall–Kier alpha value is -2.60. The first kappa shape index (κ1) is 25.5.